The second kappa shape index (κ2) is 7.08. The largest absolute Gasteiger partial charge is 0.396 e. The van der Waals surface area contributed by atoms with Crippen LogP contribution < -0.4 is 0 Å². The maximum atomic E-state index is 10.0. The smallest absolute Gasteiger partial charge is 0.0840 e. The van der Waals surface area contributed by atoms with Gasteiger partial charge in [0.1, 0.15) is 0 Å². The zero-order valence-corrected chi connectivity index (χ0v) is 13.7. The van der Waals surface area contributed by atoms with Gasteiger partial charge in [0.25, 0.3) is 0 Å². The average molecular weight is 298 g/mol. The standard InChI is InChI=1S/C20H26O2/c1-15(17-8-6-16(7-9-17)5-4-14-21)18-10-12-19(13-11-18)20(2,3)22/h6-13,15,21-22H,4-5,14H2,1-3H3. The molecule has 2 aromatic rings. The van der Waals surface area contributed by atoms with Crippen molar-refractivity contribution in [2.45, 2.75) is 45.1 Å². The van der Waals surface area contributed by atoms with Gasteiger partial charge in [-0.1, -0.05) is 55.5 Å². The Morgan fingerprint density at radius 1 is 0.909 bits per heavy atom. The Hall–Kier alpha value is -1.64. The average Bonchev–Trinajstić information content (AvgIpc) is 2.52. The molecular weight excluding hydrogens is 272 g/mol. The molecule has 0 aromatic heterocycles. The van der Waals surface area contributed by atoms with E-state index < -0.39 is 5.60 Å². The van der Waals surface area contributed by atoms with E-state index in [9.17, 15) is 5.11 Å². The minimum absolute atomic E-state index is 0.242. The molecule has 118 valence electrons. The Kier molecular flexibility index (Phi) is 5.38. The van der Waals surface area contributed by atoms with Crippen LogP contribution in [-0.4, -0.2) is 16.8 Å². The van der Waals surface area contributed by atoms with Crippen LogP contribution in [0.2, 0.25) is 0 Å². The zero-order chi connectivity index (χ0) is 16.2. The molecule has 2 nitrogen and oxygen atoms in total. The van der Waals surface area contributed by atoms with Crippen LogP contribution in [0, 0.1) is 0 Å². The number of hydrogen-bond donors (Lipinski definition) is 2. The normalized spacial score (nSPS) is 13.1. The number of aliphatic hydroxyl groups is 2. The number of aryl methyl sites for hydroxylation is 1. The van der Waals surface area contributed by atoms with Crippen LogP contribution in [0.5, 0.6) is 0 Å². The van der Waals surface area contributed by atoms with Crippen LogP contribution in [0.3, 0.4) is 0 Å². The molecule has 22 heavy (non-hydrogen) atoms. The topological polar surface area (TPSA) is 40.5 Å². The van der Waals surface area contributed by atoms with Crippen LogP contribution in [0.25, 0.3) is 0 Å². The Morgan fingerprint density at radius 3 is 1.86 bits per heavy atom. The highest BCUT2D eigenvalue weighted by Crippen LogP contribution is 2.27. The van der Waals surface area contributed by atoms with E-state index in [1.165, 1.54) is 16.7 Å². The second-order valence-electron chi connectivity index (χ2n) is 6.47. The second-order valence-corrected chi connectivity index (χ2v) is 6.47. The molecule has 0 amide bonds. The third-order valence-electron chi connectivity index (χ3n) is 4.22. The molecule has 0 radical (unpaired) electrons. The van der Waals surface area contributed by atoms with Crippen LogP contribution >= 0.6 is 0 Å². The van der Waals surface area contributed by atoms with E-state index >= 15 is 0 Å². The van der Waals surface area contributed by atoms with E-state index in [0.29, 0.717) is 5.92 Å². The molecule has 2 N–H and O–H groups in total. The summed E-state index contributed by atoms with van der Waals surface area (Å²) in [7, 11) is 0. The highest BCUT2D eigenvalue weighted by Gasteiger charge is 2.16. The highest BCUT2D eigenvalue weighted by atomic mass is 16.3. The number of aliphatic hydroxyl groups excluding tert-OH is 1. The van der Waals surface area contributed by atoms with Gasteiger partial charge >= 0.3 is 0 Å². The van der Waals surface area contributed by atoms with Crippen molar-refractivity contribution in [1.29, 1.82) is 0 Å². The maximum absolute atomic E-state index is 10.0. The summed E-state index contributed by atoms with van der Waals surface area (Å²) in [5, 5.41) is 18.9. The van der Waals surface area contributed by atoms with Crippen LogP contribution in [0.1, 0.15) is 55.4 Å². The van der Waals surface area contributed by atoms with E-state index in [2.05, 4.69) is 43.3 Å². The van der Waals surface area contributed by atoms with Crippen LogP contribution in [0.15, 0.2) is 48.5 Å². The summed E-state index contributed by atoms with van der Waals surface area (Å²) in [5.41, 5.74) is 3.93. The van der Waals surface area contributed by atoms with Gasteiger partial charge in [0.05, 0.1) is 5.60 Å². The Bertz CT molecular complexity index is 577. The lowest BCUT2D eigenvalue weighted by Crippen LogP contribution is -2.15. The minimum Gasteiger partial charge on any atom is -0.396 e. The molecule has 0 heterocycles. The summed E-state index contributed by atoms with van der Waals surface area (Å²) >= 11 is 0. The van der Waals surface area contributed by atoms with Crippen molar-refractivity contribution in [2.24, 2.45) is 0 Å². The van der Waals surface area contributed by atoms with Crippen molar-refractivity contribution < 1.29 is 10.2 Å². The molecule has 0 spiro atoms. The van der Waals surface area contributed by atoms with Crippen molar-refractivity contribution in [2.75, 3.05) is 6.61 Å². The lowest BCUT2D eigenvalue weighted by Gasteiger charge is -2.19. The molecule has 0 aliphatic rings. The van der Waals surface area contributed by atoms with Gasteiger partial charge < -0.3 is 10.2 Å². The van der Waals surface area contributed by atoms with Gasteiger partial charge in [0.15, 0.2) is 0 Å². The predicted octanol–water partition coefficient (Wildman–Crippen LogP) is 3.99. The molecule has 0 saturated heterocycles. The summed E-state index contributed by atoms with van der Waals surface area (Å²) in [4.78, 5) is 0. The molecule has 2 aromatic carbocycles. The summed E-state index contributed by atoms with van der Waals surface area (Å²) in [6.07, 6.45) is 1.73. The number of rotatable bonds is 6. The fourth-order valence-electron chi connectivity index (χ4n) is 2.63. The fraction of sp³-hybridized carbons (Fsp3) is 0.400. The number of benzene rings is 2. The maximum Gasteiger partial charge on any atom is 0.0840 e. The first-order chi connectivity index (χ1) is 10.4. The first-order valence-corrected chi connectivity index (χ1v) is 7.94. The molecule has 0 fully saturated rings. The van der Waals surface area contributed by atoms with E-state index in [0.717, 1.165) is 18.4 Å². The predicted molar refractivity (Wildman–Crippen MR) is 91.1 cm³/mol. The zero-order valence-electron chi connectivity index (χ0n) is 13.7. The molecular formula is C20H26O2. The van der Waals surface area contributed by atoms with Crippen molar-refractivity contribution in [3.05, 3.63) is 70.8 Å². The first kappa shape index (κ1) is 16.7. The van der Waals surface area contributed by atoms with Crippen molar-refractivity contribution >= 4 is 0 Å². The molecule has 0 aliphatic carbocycles. The highest BCUT2D eigenvalue weighted by molar-refractivity contribution is 5.36. The summed E-state index contributed by atoms with van der Waals surface area (Å²) in [6.45, 7) is 6.04. The van der Waals surface area contributed by atoms with E-state index in [-0.39, 0.29) is 6.61 Å². The molecule has 2 heteroatoms. The molecule has 0 bridgehead atoms. The minimum atomic E-state index is -0.796. The van der Waals surface area contributed by atoms with Gasteiger partial charge in [-0.25, -0.2) is 0 Å². The van der Waals surface area contributed by atoms with Gasteiger partial charge in [-0.3, -0.25) is 0 Å². The van der Waals surface area contributed by atoms with Gasteiger partial charge in [-0.05, 0) is 48.9 Å². The molecule has 0 saturated carbocycles. The lowest BCUT2D eigenvalue weighted by molar-refractivity contribution is 0.0786. The van der Waals surface area contributed by atoms with Crippen LogP contribution in [0.4, 0.5) is 0 Å². The monoisotopic (exact) mass is 298 g/mol. The summed E-state index contributed by atoms with van der Waals surface area (Å²) in [6, 6.07) is 16.8. The molecule has 0 aliphatic heterocycles. The number of hydrogen-bond acceptors (Lipinski definition) is 2. The fourth-order valence-corrected chi connectivity index (χ4v) is 2.63. The van der Waals surface area contributed by atoms with E-state index in [1.807, 2.05) is 12.1 Å². The van der Waals surface area contributed by atoms with E-state index in [1.54, 1.807) is 13.8 Å². The Morgan fingerprint density at radius 2 is 1.41 bits per heavy atom. The first-order valence-electron chi connectivity index (χ1n) is 7.94. The van der Waals surface area contributed by atoms with Gasteiger partial charge in [0.2, 0.25) is 0 Å². The summed E-state index contributed by atoms with van der Waals surface area (Å²) < 4.78 is 0. The van der Waals surface area contributed by atoms with Crippen molar-refractivity contribution in [3.63, 3.8) is 0 Å². The van der Waals surface area contributed by atoms with Crippen molar-refractivity contribution in [1.82, 2.24) is 0 Å². The van der Waals surface area contributed by atoms with E-state index in [4.69, 9.17) is 5.11 Å². The Labute approximate surface area is 133 Å². The van der Waals surface area contributed by atoms with Gasteiger partial charge in [0, 0.05) is 12.5 Å². The third-order valence-corrected chi connectivity index (χ3v) is 4.22. The SMILES string of the molecule is CC(c1ccc(CCCO)cc1)c1ccc(C(C)(C)O)cc1. The van der Waals surface area contributed by atoms with Crippen molar-refractivity contribution in [3.8, 4) is 0 Å². The Balaban J connectivity index is 2.12. The molecule has 1 unspecified atom stereocenters. The summed E-state index contributed by atoms with van der Waals surface area (Å²) in [5.74, 6) is 0.322. The quantitative estimate of drug-likeness (QED) is 0.846. The lowest BCUT2D eigenvalue weighted by atomic mass is 9.89. The molecule has 2 rings (SSSR count). The third kappa shape index (κ3) is 4.19. The van der Waals surface area contributed by atoms with Gasteiger partial charge in [-0.15, -0.1) is 0 Å². The van der Waals surface area contributed by atoms with Gasteiger partial charge in [-0.2, -0.15) is 0 Å². The molecule has 1 atom stereocenters. The van der Waals surface area contributed by atoms with Crippen LogP contribution in [-0.2, 0) is 12.0 Å².